The molecule has 0 spiro atoms. The zero-order valence-electron chi connectivity index (χ0n) is 19.1. The molecular weight excluding hydrogens is 539 g/mol. The molecular formula is C23H35IN4O3S. The molecule has 7 nitrogen and oxygen atoms in total. The van der Waals surface area contributed by atoms with Crippen LogP contribution in [0.2, 0.25) is 0 Å². The number of methoxy groups -OCH3 is 1. The second-order valence-corrected chi connectivity index (χ2v) is 9.09. The Hall–Kier alpha value is -1.69. The summed E-state index contributed by atoms with van der Waals surface area (Å²) in [5, 5.41) is 6.70. The summed E-state index contributed by atoms with van der Waals surface area (Å²) in [5.74, 6) is 0.709. The first-order chi connectivity index (χ1) is 14.9. The fourth-order valence-electron chi connectivity index (χ4n) is 2.79. The van der Waals surface area contributed by atoms with Gasteiger partial charge in [0.15, 0.2) is 5.96 Å². The van der Waals surface area contributed by atoms with Gasteiger partial charge in [0.1, 0.15) is 0 Å². The Labute approximate surface area is 209 Å². The zero-order chi connectivity index (χ0) is 22.5. The highest BCUT2D eigenvalue weighted by Crippen LogP contribution is 2.12. The van der Waals surface area contributed by atoms with Crippen LogP contribution in [0.1, 0.15) is 36.5 Å². The zero-order valence-corrected chi connectivity index (χ0v) is 22.2. The van der Waals surface area contributed by atoms with Crippen LogP contribution in [0.4, 0.5) is 0 Å². The molecule has 0 saturated heterocycles. The van der Waals surface area contributed by atoms with Gasteiger partial charge in [-0.05, 0) is 36.6 Å². The summed E-state index contributed by atoms with van der Waals surface area (Å²) in [4.78, 5) is 4.88. The largest absolute Gasteiger partial charge is 0.383 e. The van der Waals surface area contributed by atoms with Crippen molar-refractivity contribution in [3.8, 4) is 0 Å². The molecule has 2 rings (SSSR count). The summed E-state index contributed by atoms with van der Waals surface area (Å²) in [6.45, 7) is 6.63. The molecule has 9 heteroatoms. The topological polar surface area (TPSA) is 91.8 Å². The van der Waals surface area contributed by atoms with Crippen LogP contribution in [0.5, 0.6) is 0 Å². The highest BCUT2D eigenvalue weighted by Gasteiger charge is 2.13. The van der Waals surface area contributed by atoms with Crippen LogP contribution < -0.4 is 15.4 Å². The van der Waals surface area contributed by atoms with Gasteiger partial charge in [0.05, 0.1) is 18.0 Å². The van der Waals surface area contributed by atoms with Crippen molar-refractivity contribution in [3.63, 3.8) is 0 Å². The van der Waals surface area contributed by atoms with Crippen LogP contribution in [0, 0.1) is 6.92 Å². The average Bonchev–Trinajstić information content (AvgIpc) is 2.77. The molecule has 0 unspecified atom stereocenters. The number of hydrogen-bond donors (Lipinski definition) is 3. The predicted octanol–water partition coefficient (Wildman–Crippen LogP) is 3.57. The van der Waals surface area contributed by atoms with E-state index in [4.69, 9.17) is 4.74 Å². The van der Waals surface area contributed by atoms with Crippen LogP contribution in [0.25, 0.3) is 0 Å². The number of nitrogens with zero attached hydrogens (tertiary/aromatic N) is 1. The van der Waals surface area contributed by atoms with E-state index in [0.29, 0.717) is 25.7 Å². The monoisotopic (exact) mass is 574 g/mol. The number of aliphatic imine (C=N–C) groups is 1. The molecule has 0 bridgehead atoms. The highest BCUT2D eigenvalue weighted by molar-refractivity contribution is 14.0. The lowest BCUT2D eigenvalue weighted by atomic mass is 10.1. The molecule has 32 heavy (non-hydrogen) atoms. The number of halogens is 1. The SMILES string of the molecule is CCCCNC(=NCc1cccc(S(=O)(=O)NCCOC)c1)NCc1ccc(C)cc1.I. The smallest absolute Gasteiger partial charge is 0.240 e. The third-order valence-electron chi connectivity index (χ3n) is 4.63. The molecule has 0 saturated carbocycles. The fourth-order valence-corrected chi connectivity index (χ4v) is 3.88. The van der Waals surface area contributed by atoms with Gasteiger partial charge in [0, 0.05) is 26.7 Å². The number of benzene rings is 2. The number of ether oxygens (including phenoxy) is 1. The molecule has 0 aliphatic heterocycles. The van der Waals surface area contributed by atoms with Crippen molar-refractivity contribution in [2.75, 3.05) is 26.8 Å². The van der Waals surface area contributed by atoms with Gasteiger partial charge >= 0.3 is 0 Å². The molecule has 3 N–H and O–H groups in total. The van der Waals surface area contributed by atoms with Crippen molar-refractivity contribution in [2.45, 2.75) is 44.7 Å². The lowest BCUT2D eigenvalue weighted by Crippen LogP contribution is -2.37. The molecule has 0 aliphatic rings. The van der Waals surface area contributed by atoms with Gasteiger partial charge in [-0.25, -0.2) is 18.1 Å². The average molecular weight is 575 g/mol. The Morgan fingerprint density at radius 2 is 1.78 bits per heavy atom. The Balaban J connectivity index is 0.00000512. The maximum absolute atomic E-state index is 12.4. The van der Waals surface area contributed by atoms with E-state index in [-0.39, 0.29) is 35.4 Å². The normalized spacial score (nSPS) is 11.7. The van der Waals surface area contributed by atoms with E-state index in [1.165, 1.54) is 18.2 Å². The Morgan fingerprint density at radius 3 is 2.47 bits per heavy atom. The Morgan fingerprint density at radius 1 is 1.03 bits per heavy atom. The molecule has 0 amide bonds. The number of rotatable bonds is 12. The fraction of sp³-hybridized carbons (Fsp3) is 0.435. The highest BCUT2D eigenvalue weighted by atomic mass is 127. The van der Waals surface area contributed by atoms with Gasteiger partial charge in [-0.2, -0.15) is 0 Å². The molecule has 0 aliphatic carbocycles. The summed E-state index contributed by atoms with van der Waals surface area (Å²) < 4.78 is 32.3. The lowest BCUT2D eigenvalue weighted by molar-refractivity contribution is 0.204. The van der Waals surface area contributed by atoms with Crippen LogP contribution in [-0.2, 0) is 27.8 Å². The van der Waals surface area contributed by atoms with Crippen molar-refractivity contribution in [3.05, 3.63) is 65.2 Å². The molecule has 0 heterocycles. The molecule has 0 fully saturated rings. The third kappa shape index (κ3) is 10.3. The predicted molar refractivity (Wildman–Crippen MR) is 141 cm³/mol. The van der Waals surface area contributed by atoms with Gasteiger partial charge in [-0.15, -0.1) is 24.0 Å². The first kappa shape index (κ1) is 28.3. The van der Waals surface area contributed by atoms with Crippen molar-refractivity contribution >= 4 is 40.0 Å². The Bertz CT molecular complexity index is 935. The minimum absolute atomic E-state index is 0. The van der Waals surface area contributed by atoms with E-state index in [0.717, 1.165) is 24.9 Å². The van der Waals surface area contributed by atoms with E-state index in [2.05, 4.69) is 58.5 Å². The summed E-state index contributed by atoms with van der Waals surface area (Å²) in [6, 6.07) is 15.2. The molecule has 2 aromatic rings. The summed E-state index contributed by atoms with van der Waals surface area (Å²) in [6.07, 6.45) is 2.14. The van der Waals surface area contributed by atoms with Crippen molar-refractivity contribution < 1.29 is 13.2 Å². The van der Waals surface area contributed by atoms with E-state index < -0.39 is 10.0 Å². The molecule has 0 radical (unpaired) electrons. The summed E-state index contributed by atoms with van der Waals surface area (Å²) >= 11 is 0. The number of aryl methyl sites for hydroxylation is 1. The molecule has 0 aromatic heterocycles. The molecule has 0 atom stereocenters. The maximum atomic E-state index is 12.4. The van der Waals surface area contributed by atoms with Crippen LogP contribution in [0.15, 0.2) is 58.4 Å². The molecule has 2 aromatic carbocycles. The van der Waals surface area contributed by atoms with Gasteiger partial charge in [0.2, 0.25) is 10.0 Å². The Kier molecular flexibility index (Phi) is 13.5. The quantitative estimate of drug-likeness (QED) is 0.156. The minimum Gasteiger partial charge on any atom is -0.383 e. The van der Waals surface area contributed by atoms with Crippen LogP contribution in [-0.4, -0.2) is 41.2 Å². The number of guanidine groups is 1. The number of nitrogens with one attached hydrogen (secondary N) is 3. The first-order valence-electron chi connectivity index (χ1n) is 10.6. The van der Waals surface area contributed by atoms with Crippen LogP contribution in [0.3, 0.4) is 0 Å². The second kappa shape index (κ2) is 15.2. The van der Waals surface area contributed by atoms with Gasteiger partial charge < -0.3 is 15.4 Å². The number of hydrogen-bond acceptors (Lipinski definition) is 4. The van der Waals surface area contributed by atoms with E-state index in [1.54, 1.807) is 18.2 Å². The third-order valence-corrected chi connectivity index (χ3v) is 6.09. The van der Waals surface area contributed by atoms with Gasteiger partial charge in [-0.1, -0.05) is 55.3 Å². The second-order valence-electron chi connectivity index (χ2n) is 7.32. The maximum Gasteiger partial charge on any atom is 0.240 e. The number of sulfonamides is 1. The summed E-state index contributed by atoms with van der Waals surface area (Å²) in [7, 11) is -2.04. The van der Waals surface area contributed by atoms with Crippen LogP contribution >= 0.6 is 24.0 Å². The van der Waals surface area contributed by atoms with Crippen molar-refractivity contribution in [1.29, 1.82) is 0 Å². The number of unbranched alkanes of at least 4 members (excludes halogenated alkanes) is 1. The lowest BCUT2D eigenvalue weighted by Gasteiger charge is -2.13. The standard InChI is InChI=1S/C23H34N4O3S.HI/c1-4-5-13-24-23(25-17-20-11-9-19(2)10-12-20)26-18-21-7-6-8-22(16-21)31(28,29)27-14-15-30-3;/h6-12,16,27H,4-5,13-15,17-18H2,1-3H3,(H2,24,25,26);1H. The van der Waals surface area contributed by atoms with Gasteiger partial charge in [-0.3, -0.25) is 0 Å². The van der Waals surface area contributed by atoms with Crippen molar-refractivity contribution in [1.82, 2.24) is 15.4 Å². The molecule has 178 valence electrons. The van der Waals surface area contributed by atoms with E-state index >= 15 is 0 Å². The summed E-state index contributed by atoms with van der Waals surface area (Å²) in [5.41, 5.74) is 3.22. The van der Waals surface area contributed by atoms with E-state index in [9.17, 15) is 8.42 Å². The van der Waals surface area contributed by atoms with Crippen molar-refractivity contribution in [2.24, 2.45) is 4.99 Å². The first-order valence-corrected chi connectivity index (χ1v) is 12.1. The van der Waals surface area contributed by atoms with Gasteiger partial charge in [0.25, 0.3) is 0 Å². The van der Waals surface area contributed by atoms with E-state index in [1.807, 2.05) is 6.07 Å². The minimum atomic E-state index is -3.57.